The summed E-state index contributed by atoms with van der Waals surface area (Å²) >= 11 is 0. The molecular formula is C23H27NO5. The molecule has 1 heterocycles. The number of carboxylic acids is 1. The van der Waals surface area contributed by atoms with Gasteiger partial charge in [-0.1, -0.05) is 36.4 Å². The Balaban J connectivity index is 1.74. The third-order valence-electron chi connectivity index (χ3n) is 4.96. The Morgan fingerprint density at radius 1 is 1.14 bits per heavy atom. The van der Waals surface area contributed by atoms with Gasteiger partial charge in [0.15, 0.2) is 0 Å². The van der Waals surface area contributed by atoms with E-state index in [-0.39, 0.29) is 12.2 Å². The number of aliphatic carboxylic acids is 1. The van der Waals surface area contributed by atoms with Crippen LogP contribution < -0.4 is 4.74 Å². The first-order valence-corrected chi connectivity index (χ1v) is 9.66. The van der Waals surface area contributed by atoms with Crippen molar-refractivity contribution in [3.63, 3.8) is 0 Å². The van der Waals surface area contributed by atoms with E-state index in [0.717, 1.165) is 44.2 Å². The standard InChI is InChI=1S/C23H27NO5/c1-17(27-2)22(23(25)26)21-9-4-3-7-19(21)16-29-20-8-5-6-18(14-20)15-24-10-12-28-13-11-24/h3-9,14H,10-13,15-16H2,1-2H3,(H,25,26). The molecule has 29 heavy (non-hydrogen) atoms. The Labute approximate surface area is 171 Å². The number of hydrogen-bond acceptors (Lipinski definition) is 5. The normalized spacial score (nSPS) is 15.5. The number of rotatable bonds is 8. The molecule has 0 radical (unpaired) electrons. The second-order valence-electron chi connectivity index (χ2n) is 6.92. The van der Waals surface area contributed by atoms with Gasteiger partial charge in [-0.3, -0.25) is 4.90 Å². The van der Waals surface area contributed by atoms with Crippen LogP contribution in [0.25, 0.3) is 5.57 Å². The molecule has 2 aromatic rings. The highest BCUT2D eigenvalue weighted by atomic mass is 16.5. The van der Waals surface area contributed by atoms with E-state index >= 15 is 0 Å². The van der Waals surface area contributed by atoms with Gasteiger partial charge in [-0.05, 0) is 35.7 Å². The molecule has 0 amide bonds. The minimum absolute atomic E-state index is 0.146. The van der Waals surface area contributed by atoms with Crippen LogP contribution in [0.4, 0.5) is 0 Å². The summed E-state index contributed by atoms with van der Waals surface area (Å²) in [6, 6.07) is 15.4. The predicted octanol–water partition coefficient (Wildman–Crippen LogP) is 3.56. The zero-order valence-electron chi connectivity index (χ0n) is 16.9. The molecule has 1 saturated heterocycles. The van der Waals surface area contributed by atoms with Crippen molar-refractivity contribution in [1.29, 1.82) is 0 Å². The fourth-order valence-electron chi connectivity index (χ4n) is 3.36. The van der Waals surface area contributed by atoms with E-state index in [9.17, 15) is 9.90 Å². The van der Waals surface area contributed by atoms with Crippen molar-refractivity contribution >= 4 is 11.5 Å². The lowest BCUT2D eigenvalue weighted by Crippen LogP contribution is -2.35. The lowest BCUT2D eigenvalue weighted by Gasteiger charge is -2.26. The molecule has 0 unspecified atom stereocenters. The van der Waals surface area contributed by atoms with E-state index in [1.165, 1.54) is 12.7 Å². The average molecular weight is 397 g/mol. The molecule has 1 aliphatic rings. The summed E-state index contributed by atoms with van der Waals surface area (Å²) in [5, 5.41) is 9.64. The minimum Gasteiger partial charge on any atom is -0.500 e. The molecule has 0 bridgehead atoms. The van der Waals surface area contributed by atoms with Crippen molar-refractivity contribution in [2.24, 2.45) is 0 Å². The largest absolute Gasteiger partial charge is 0.500 e. The fraction of sp³-hybridized carbons (Fsp3) is 0.348. The van der Waals surface area contributed by atoms with E-state index in [4.69, 9.17) is 14.2 Å². The van der Waals surface area contributed by atoms with Crippen molar-refractivity contribution in [1.82, 2.24) is 4.90 Å². The zero-order valence-corrected chi connectivity index (χ0v) is 16.9. The van der Waals surface area contributed by atoms with Gasteiger partial charge in [0.05, 0.1) is 20.3 Å². The van der Waals surface area contributed by atoms with Gasteiger partial charge in [0.25, 0.3) is 0 Å². The molecule has 3 rings (SSSR count). The van der Waals surface area contributed by atoms with Gasteiger partial charge in [-0.2, -0.15) is 0 Å². The fourth-order valence-corrected chi connectivity index (χ4v) is 3.36. The van der Waals surface area contributed by atoms with Crippen molar-refractivity contribution in [2.75, 3.05) is 33.4 Å². The molecule has 0 atom stereocenters. The third kappa shape index (κ3) is 5.59. The monoisotopic (exact) mass is 397 g/mol. The second-order valence-corrected chi connectivity index (χ2v) is 6.92. The van der Waals surface area contributed by atoms with Crippen LogP contribution in [-0.2, 0) is 27.4 Å². The average Bonchev–Trinajstić information content (AvgIpc) is 2.74. The van der Waals surface area contributed by atoms with Gasteiger partial charge < -0.3 is 19.3 Å². The van der Waals surface area contributed by atoms with Crippen LogP contribution in [-0.4, -0.2) is 49.4 Å². The third-order valence-corrected chi connectivity index (χ3v) is 4.96. The Bertz CT molecular complexity index is 871. The summed E-state index contributed by atoms with van der Waals surface area (Å²) in [6.45, 7) is 6.18. The van der Waals surface area contributed by atoms with Crippen LogP contribution in [0, 0.1) is 0 Å². The summed E-state index contributed by atoms with van der Waals surface area (Å²) < 4.78 is 16.6. The number of hydrogen-bond donors (Lipinski definition) is 1. The van der Waals surface area contributed by atoms with Crippen LogP contribution in [0.2, 0.25) is 0 Å². The summed E-state index contributed by atoms with van der Waals surface area (Å²) in [6.07, 6.45) is 0. The number of benzene rings is 2. The molecule has 1 fully saturated rings. The molecule has 2 aromatic carbocycles. The Morgan fingerprint density at radius 3 is 2.62 bits per heavy atom. The highest BCUT2D eigenvalue weighted by molar-refractivity contribution is 6.16. The quantitative estimate of drug-likeness (QED) is 0.543. The lowest BCUT2D eigenvalue weighted by molar-refractivity contribution is -0.130. The highest BCUT2D eigenvalue weighted by Crippen LogP contribution is 2.25. The zero-order chi connectivity index (χ0) is 20.6. The first-order valence-electron chi connectivity index (χ1n) is 9.66. The number of carboxylic acid groups (broad SMARTS) is 1. The lowest BCUT2D eigenvalue weighted by atomic mass is 9.99. The van der Waals surface area contributed by atoms with E-state index in [1.54, 1.807) is 13.0 Å². The number of methoxy groups -OCH3 is 1. The van der Waals surface area contributed by atoms with Gasteiger partial charge in [0, 0.05) is 19.6 Å². The Hall–Kier alpha value is -2.83. The molecule has 0 saturated carbocycles. The summed E-state index contributed by atoms with van der Waals surface area (Å²) in [5.41, 5.74) is 2.72. The maximum Gasteiger partial charge on any atom is 0.339 e. The molecule has 0 aliphatic carbocycles. The molecule has 0 aromatic heterocycles. The Kier molecular flexibility index (Phi) is 7.27. The van der Waals surface area contributed by atoms with Crippen molar-refractivity contribution in [3.8, 4) is 5.75 Å². The van der Waals surface area contributed by atoms with Gasteiger partial charge >= 0.3 is 5.97 Å². The number of ether oxygens (including phenoxy) is 3. The number of nitrogens with zero attached hydrogens (tertiary/aromatic N) is 1. The van der Waals surface area contributed by atoms with Gasteiger partial charge in [0.2, 0.25) is 0 Å². The van der Waals surface area contributed by atoms with Crippen molar-refractivity contribution in [3.05, 3.63) is 71.0 Å². The molecule has 1 aliphatic heterocycles. The van der Waals surface area contributed by atoms with Crippen LogP contribution in [0.3, 0.4) is 0 Å². The highest BCUT2D eigenvalue weighted by Gasteiger charge is 2.18. The topological polar surface area (TPSA) is 68.2 Å². The molecule has 6 nitrogen and oxygen atoms in total. The summed E-state index contributed by atoms with van der Waals surface area (Å²) in [4.78, 5) is 14.1. The molecular weight excluding hydrogens is 370 g/mol. The SMILES string of the molecule is COC(C)=C(C(=O)O)c1ccccc1COc1cccc(CN2CCOCC2)c1. The Morgan fingerprint density at radius 2 is 1.90 bits per heavy atom. The van der Waals surface area contributed by atoms with Crippen LogP contribution in [0.5, 0.6) is 5.75 Å². The summed E-state index contributed by atoms with van der Waals surface area (Å²) in [7, 11) is 1.47. The number of carbonyl (C=O) groups is 1. The number of allylic oxidation sites excluding steroid dienone is 1. The number of morpholine rings is 1. The summed E-state index contributed by atoms with van der Waals surface area (Å²) in [5.74, 6) is 0.0941. The maximum absolute atomic E-state index is 11.8. The second kappa shape index (κ2) is 10.1. The molecule has 1 N–H and O–H groups in total. The van der Waals surface area contributed by atoms with Gasteiger partial charge in [-0.15, -0.1) is 0 Å². The van der Waals surface area contributed by atoms with Crippen LogP contribution in [0.1, 0.15) is 23.6 Å². The molecule has 154 valence electrons. The predicted molar refractivity (Wildman–Crippen MR) is 111 cm³/mol. The molecule has 0 spiro atoms. The minimum atomic E-state index is -1.02. The smallest absolute Gasteiger partial charge is 0.339 e. The van der Waals surface area contributed by atoms with E-state index in [0.29, 0.717) is 11.3 Å². The van der Waals surface area contributed by atoms with Crippen molar-refractivity contribution in [2.45, 2.75) is 20.1 Å². The van der Waals surface area contributed by atoms with E-state index in [1.807, 2.05) is 36.4 Å². The maximum atomic E-state index is 11.8. The van der Waals surface area contributed by atoms with Gasteiger partial charge in [-0.25, -0.2) is 4.79 Å². The van der Waals surface area contributed by atoms with Crippen molar-refractivity contribution < 1.29 is 24.1 Å². The van der Waals surface area contributed by atoms with Crippen LogP contribution >= 0.6 is 0 Å². The van der Waals surface area contributed by atoms with Crippen LogP contribution in [0.15, 0.2) is 54.3 Å². The van der Waals surface area contributed by atoms with E-state index in [2.05, 4.69) is 11.0 Å². The first kappa shape index (κ1) is 20.9. The molecule has 6 heteroatoms. The first-order chi connectivity index (χ1) is 14.1. The van der Waals surface area contributed by atoms with E-state index < -0.39 is 5.97 Å². The van der Waals surface area contributed by atoms with Gasteiger partial charge in [0.1, 0.15) is 23.7 Å².